The normalized spacial score (nSPS) is 15.7. The molecule has 0 aromatic heterocycles. The van der Waals surface area contributed by atoms with E-state index in [2.05, 4.69) is 121 Å². The lowest BCUT2D eigenvalue weighted by Crippen LogP contribution is -2.56. The maximum Gasteiger partial charge on any atom is 0.162 e. The lowest BCUT2D eigenvalue weighted by Gasteiger charge is -2.37. The van der Waals surface area contributed by atoms with E-state index in [1.54, 1.807) is 0 Å². The second kappa shape index (κ2) is 9.17. The topological polar surface area (TPSA) is 29.1 Å². The smallest absolute Gasteiger partial charge is 0.162 e. The minimum atomic E-state index is -0.901. The molecule has 0 fully saturated rings. The fourth-order valence-corrected chi connectivity index (χ4v) is 6.01. The highest BCUT2D eigenvalue weighted by molar-refractivity contribution is 5.89. The third-order valence-corrected chi connectivity index (χ3v) is 7.93. The first-order valence-electron chi connectivity index (χ1n) is 13.2. The Balaban J connectivity index is 1.56. The molecule has 1 N–H and O–H groups in total. The predicted molar refractivity (Wildman–Crippen MR) is 160 cm³/mol. The zero-order valence-electron chi connectivity index (χ0n) is 21.4. The minimum Gasteiger partial charge on any atom is -0.298 e. The van der Waals surface area contributed by atoms with Crippen molar-refractivity contribution in [1.29, 1.82) is 0 Å². The molecule has 0 unspecified atom stereocenters. The van der Waals surface area contributed by atoms with Gasteiger partial charge in [0.05, 0.1) is 5.57 Å². The summed E-state index contributed by atoms with van der Waals surface area (Å²) >= 11 is 0. The van der Waals surface area contributed by atoms with Gasteiger partial charge >= 0.3 is 0 Å². The van der Waals surface area contributed by atoms with Crippen LogP contribution in [0.25, 0.3) is 21.5 Å². The minimum absolute atomic E-state index is 0.204. The maximum absolute atomic E-state index is 13.1. The number of nitrogens with zero attached hydrogens (tertiary/aromatic N) is 1. The van der Waals surface area contributed by atoms with Crippen LogP contribution in [0, 0.1) is 0 Å². The second-order valence-electron chi connectivity index (χ2n) is 10.1. The largest absolute Gasteiger partial charge is 0.298 e. The number of hydrogen-bond donors (Lipinski definition) is 1. The van der Waals surface area contributed by atoms with Gasteiger partial charge in [-0.3, -0.25) is 4.79 Å². The predicted octanol–water partition coefficient (Wildman–Crippen LogP) is 8.18. The van der Waals surface area contributed by atoms with Gasteiger partial charge in [0.25, 0.3) is 0 Å². The number of carbonyl (C=O) groups excluding carboxylic acids is 1. The number of aldehydes is 1. The van der Waals surface area contributed by atoms with Crippen molar-refractivity contribution in [3.8, 4) is 0 Å². The summed E-state index contributed by atoms with van der Waals surface area (Å²) in [6.07, 6.45) is 3.09. The van der Waals surface area contributed by atoms with Gasteiger partial charge in [-0.1, -0.05) is 109 Å². The van der Waals surface area contributed by atoms with E-state index in [1.807, 2.05) is 36.4 Å². The summed E-state index contributed by atoms with van der Waals surface area (Å²) < 4.78 is 0.204. The summed E-state index contributed by atoms with van der Waals surface area (Å²) in [7, 11) is 0. The van der Waals surface area contributed by atoms with Gasteiger partial charge in [0.1, 0.15) is 6.20 Å². The van der Waals surface area contributed by atoms with Crippen LogP contribution in [-0.2, 0) is 10.3 Å². The molecule has 3 heteroatoms. The monoisotopic (exact) mass is 503 g/mol. The number of benzene rings is 6. The third-order valence-electron chi connectivity index (χ3n) is 7.93. The molecule has 0 amide bonds. The van der Waals surface area contributed by atoms with Crippen LogP contribution in [0.1, 0.15) is 11.1 Å². The van der Waals surface area contributed by atoms with Crippen LogP contribution in [-0.4, -0.2) is 6.29 Å². The van der Waals surface area contributed by atoms with Crippen molar-refractivity contribution in [2.75, 3.05) is 0 Å². The Bertz CT molecular complexity index is 1740. The van der Waals surface area contributed by atoms with Crippen LogP contribution >= 0.6 is 0 Å². The van der Waals surface area contributed by atoms with E-state index in [0.29, 0.717) is 5.57 Å². The number of carbonyl (C=O) groups is 1. The Kier molecular flexibility index (Phi) is 5.48. The molecule has 39 heavy (non-hydrogen) atoms. The molecule has 0 aliphatic carbocycles. The van der Waals surface area contributed by atoms with Crippen LogP contribution < -0.4 is 10.0 Å². The average Bonchev–Trinajstić information content (AvgIpc) is 3.39. The molecule has 186 valence electrons. The summed E-state index contributed by atoms with van der Waals surface area (Å²) in [5.74, 6) is 0. The van der Waals surface area contributed by atoms with E-state index in [4.69, 9.17) is 0 Å². The quantitative estimate of drug-likeness (QED) is 0.190. The SMILES string of the molecule is O=CC1=C[N+](c2ccccc2)(c2ccccc2)NC1(c1ccc2ccccc2c1)c1ccc2ccccc2c1. The summed E-state index contributed by atoms with van der Waals surface area (Å²) in [4.78, 5) is 13.1. The number of nitrogens with one attached hydrogen (secondary N) is 1. The van der Waals surface area contributed by atoms with Crippen LogP contribution in [0.15, 0.2) is 157 Å². The highest BCUT2D eigenvalue weighted by Crippen LogP contribution is 2.48. The summed E-state index contributed by atoms with van der Waals surface area (Å²) in [5.41, 5.74) is 7.86. The van der Waals surface area contributed by atoms with Gasteiger partial charge in [-0.05, 0) is 44.8 Å². The highest BCUT2D eigenvalue weighted by atomic mass is 16.1. The van der Waals surface area contributed by atoms with Gasteiger partial charge in [-0.25, -0.2) is 0 Å². The van der Waals surface area contributed by atoms with E-state index >= 15 is 0 Å². The molecule has 6 aromatic carbocycles. The van der Waals surface area contributed by atoms with E-state index in [-0.39, 0.29) is 4.59 Å². The molecular formula is C36H27N2O+. The molecule has 7 rings (SSSR count). The molecule has 6 aromatic rings. The van der Waals surface area contributed by atoms with E-state index < -0.39 is 5.54 Å². The van der Waals surface area contributed by atoms with Gasteiger partial charge < -0.3 is 0 Å². The Hall–Kier alpha value is -4.83. The van der Waals surface area contributed by atoms with E-state index in [0.717, 1.165) is 50.3 Å². The van der Waals surface area contributed by atoms with Crippen molar-refractivity contribution in [3.63, 3.8) is 0 Å². The van der Waals surface area contributed by atoms with Crippen molar-refractivity contribution in [3.05, 3.63) is 168 Å². The molecule has 0 bridgehead atoms. The zero-order valence-corrected chi connectivity index (χ0v) is 21.4. The van der Waals surface area contributed by atoms with E-state index in [9.17, 15) is 4.79 Å². The van der Waals surface area contributed by atoms with Crippen LogP contribution in [0.2, 0.25) is 0 Å². The molecule has 1 aliphatic heterocycles. The molecular weight excluding hydrogens is 476 g/mol. The van der Waals surface area contributed by atoms with Gasteiger partial charge in [-0.2, -0.15) is 4.59 Å². The third kappa shape index (κ3) is 3.63. The average molecular weight is 504 g/mol. The van der Waals surface area contributed by atoms with Gasteiger partial charge in [0, 0.05) is 24.3 Å². The standard InChI is InChI=1S/C36H27N2O/c39-26-33-25-38(34-15-3-1-4-16-34,35-17-5-2-6-18-35)37-36(33,31-21-19-27-11-7-9-13-29(27)23-31)32-22-20-28-12-8-10-14-30(28)24-32/h1-26,37H/q+1. The molecule has 1 aliphatic rings. The number of fused-ring (bicyclic) bond motifs is 2. The van der Waals surface area contributed by atoms with Gasteiger partial charge in [0.15, 0.2) is 23.2 Å². The van der Waals surface area contributed by atoms with Crippen LogP contribution in [0.5, 0.6) is 0 Å². The molecule has 0 saturated carbocycles. The second-order valence-corrected chi connectivity index (χ2v) is 10.1. The van der Waals surface area contributed by atoms with Crippen molar-refractivity contribution in [1.82, 2.24) is 10.0 Å². The van der Waals surface area contributed by atoms with Crippen molar-refractivity contribution >= 4 is 39.2 Å². The van der Waals surface area contributed by atoms with Crippen LogP contribution in [0.4, 0.5) is 11.4 Å². The van der Waals surface area contributed by atoms with Gasteiger partial charge in [0.2, 0.25) is 0 Å². The summed E-state index contributed by atoms with van der Waals surface area (Å²) in [6.45, 7) is 0. The van der Waals surface area contributed by atoms with Crippen molar-refractivity contribution < 1.29 is 4.79 Å². The molecule has 0 radical (unpaired) electrons. The molecule has 1 heterocycles. The molecule has 0 saturated heterocycles. The highest BCUT2D eigenvalue weighted by Gasteiger charge is 2.54. The Morgan fingerprint density at radius 3 is 1.41 bits per heavy atom. The number of quaternary nitrogens is 1. The molecule has 0 spiro atoms. The summed E-state index contributed by atoms with van der Waals surface area (Å²) in [6, 6.07) is 50.4. The van der Waals surface area contributed by atoms with E-state index in [1.165, 1.54) is 0 Å². The van der Waals surface area contributed by atoms with Crippen molar-refractivity contribution in [2.24, 2.45) is 0 Å². The first kappa shape index (κ1) is 23.3. The number of hydrogen-bond acceptors (Lipinski definition) is 2. The lowest BCUT2D eigenvalue weighted by molar-refractivity contribution is -0.105. The molecule has 3 nitrogen and oxygen atoms in total. The zero-order chi connectivity index (χ0) is 26.3. The summed E-state index contributed by atoms with van der Waals surface area (Å²) in [5, 5.41) is 4.59. The first-order valence-corrected chi connectivity index (χ1v) is 13.2. The number of rotatable bonds is 5. The Labute approximate surface area is 227 Å². The first-order chi connectivity index (χ1) is 19.2. The fraction of sp³-hybridized carbons (Fsp3) is 0.0278. The molecule has 0 atom stereocenters. The van der Waals surface area contributed by atoms with Crippen molar-refractivity contribution in [2.45, 2.75) is 5.54 Å². The number of para-hydroxylation sites is 2. The van der Waals surface area contributed by atoms with Gasteiger partial charge in [-0.15, -0.1) is 5.43 Å². The maximum atomic E-state index is 13.1. The fourth-order valence-electron chi connectivity index (χ4n) is 6.01. The Morgan fingerprint density at radius 1 is 0.513 bits per heavy atom. The Morgan fingerprint density at radius 2 is 0.949 bits per heavy atom. The van der Waals surface area contributed by atoms with Crippen LogP contribution in [0.3, 0.4) is 0 Å². The lowest BCUT2D eigenvalue weighted by atomic mass is 9.77.